The fraction of sp³-hybridized carbons (Fsp3) is 0.130. The van der Waals surface area contributed by atoms with E-state index in [1.165, 1.54) is 6.07 Å². The van der Waals surface area contributed by atoms with Gasteiger partial charge in [-0.05, 0) is 29.3 Å². The average Bonchev–Trinajstić information content (AvgIpc) is 2.77. The van der Waals surface area contributed by atoms with Gasteiger partial charge in [0.25, 0.3) is 5.91 Å². The number of para-hydroxylation sites is 1. The summed E-state index contributed by atoms with van der Waals surface area (Å²) < 4.78 is 29.3. The van der Waals surface area contributed by atoms with Crippen molar-refractivity contribution < 1.29 is 23.1 Å². The Balaban J connectivity index is 1.50. The molecule has 0 saturated carbocycles. The smallest absolute Gasteiger partial charge is 0.387 e. The number of nitrogens with one attached hydrogen (secondary N) is 2. The van der Waals surface area contributed by atoms with E-state index in [1.807, 2.05) is 42.5 Å². The lowest BCUT2D eigenvalue weighted by molar-refractivity contribution is -0.120. The summed E-state index contributed by atoms with van der Waals surface area (Å²) in [5.41, 5.74) is 2.86. The van der Waals surface area contributed by atoms with E-state index in [2.05, 4.69) is 15.4 Å². The molecule has 2 amide bonds. The predicted octanol–water partition coefficient (Wildman–Crippen LogP) is 4.00. The number of alkyl halides is 2. The molecule has 2 N–H and O–H groups in total. The Bertz CT molecular complexity index is 993. The van der Waals surface area contributed by atoms with Gasteiger partial charge in [0.2, 0.25) is 5.91 Å². The fourth-order valence-corrected chi connectivity index (χ4v) is 2.82. The molecular weight excluding hydrogens is 390 g/mol. The van der Waals surface area contributed by atoms with E-state index in [4.69, 9.17) is 0 Å². The summed E-state index contributed by atoms with van der Waals surface area (Å²) in [6.45, 7) is -3.19. The fourth-order valence-electron chi connectivity index (χ4n) is 2.82. The second kappa shape index (κ2) is 10.2. The minimum Gasteiger partial charge on any atom is -0.434 e. The minimum absolute atomic E-state index is 0.00334. The summed E-state index contributed by atoms with van der Waals surface area (Å²) in [6, 6.07) is 23.0. The second-order valence-electron chi connectivity index (χ2n) is 6.39. The number of benzene rings is 3. The van der Waals surface area contributed by atoms with Crippen molar-refractivity contribution in [2.24, 2.45) is 0 Å². The van der Waals surface area contributed by atoms with Gasteiger partial charge in [-0.15, -0.1) is 0 Å². The van der Waals surface area contributed by atoms with Gasteiger partial charge in [0.1, 0.15) is 5.75 Å². The molecule has 3 aromatic carbocycles. The molecule has 0 spiro atoms. The van der Waals surface area contributed by atoms with Crippen molar-refractivity contribution in [2.75, 3.05) is 6.54 Å². The number of hydrogen-bond acceptors (Lipinski definition) is 3. The first-order chi connectivity index (χ1) is 14.5. The number of rotatable bonds is 8. The van der Waals surface area contributed by atoms with Crippen LogP contribution in [0.1, 0.15) is 15.9 Å². The van der Waals surface area contributed by atoms with Crippen molar-refractivity contribution in [1.29, 1.82) is 0 Å². The van der Waals surface area contributed by atoms with E-state index in [-0.39, 0.29) is 24.7 Å². The molecule has 5 nitrogen and oxygen atoms in total. The molecule has 0 bridgehead atoms. The Morgan fingerprint density at radius 1 is 0.800 bits per heavy atom. The van der Waals surface area contributed by atoms with Crippen molar-refractivity contribution in [3.63, 3.8) is 0 Å². The Hall–Kier alpha value is -3.74. The third-order valence-electron chi connectivity index (χ3n) is 4.33. The third-order valence-corrected chi connectivity index (χ3v) is 4.33. The molecule has 0 aromatic heterocycles. The lowest BCUT2D eigenvalue weighted by Crippen LogP contribution is -2.36. The molecule has 0 saturated heterocycles. The number of ether oxygens (including phenoxy) is 1. The highest BCUT2D eigenvalue weighted by molar-refractivity contribution is 5.96. The van der Waals surface area contributed by atoms with E-state index < -0.39 is 12.5 Å². The van der Waals surface area contributed by atoms with Gasteiger partial charge < -0.3 is 15.4 Å². The van der Waals surface area contributed by atoms with Crippen LogP contribution in [0.25, 0.3) is 11.1 Å². The normalized spacial score (nSPS) is 10.5. The van der Waals surface area contributed by atoms with Gasteiger partial charge in [0.05, 0.1) is 6.54 Å². The van der Waals surface area contributed by atoms with Crippen LogP contribution in [0, 0.1) is 0 Å². The number of carbonyl (C=O) groups excluding carboxylic acids is 2. The van der Waals surface area contributed by atoms with Crippen LogP contribution in [0.3, 0.4) is 0 Å². The van der Waals surface area contributed by atoms with E-state index >= 15 is 0 Å². The topological polar surface area (TPSA) is 67.4 Å². The highest BCUT2D eigenvalue weighted by atomic mass is 19.3. The monoisotopic (exact) mass is 410 g/mol. The summed E-state index contributed by atoms with van der Waals surface area (Å²) in [5.74, 6) is -0.836. The molecule has 154 valence electrons. The molecule has 0 radical (unpaired) electrons. The summed E-state index contributed by atoms with van der Waals surface area (Å²) in [4.78, 5) is 24.3. The van der Waals surface area contributed by atoms with Crippen molar-refractivity contribution in [1.82, 2.24) is 10.6 Å². The molecule has 0 unspecified atom stereocenters. The van der Waals surface area contributed by atoms with Gasteiger partial charge in [-0.2, -0.15) is 8.78 Å². The Morgan fingerprint density at radius 3 is 2.13 bits per heavy atom. The predicted molar refractivity (Wildman–Crippen MR) is 109 cm³/mol. The van der Waals surface area contributed by atoms with Crippen LogP contribution in [0.15, 0.2) is 78.9 Å². The van der Waals surface area contributed by atoms with Crippen LogP contribution in [0.5, 0.6) is 5.75 Å². The molecule has 7 heteroatoms. The van der Waals surface area contributed by atoms with Gasteiger partial charge in [-0.1, -0.05) is 60.7 Å². The van der Waals surface area contributed by atoms with Crippen LogP contribution in [0.4, 0.5) is 8.78 Å². The Kier molecular flexibility index (Phi) is 7.10. The molecule has 0 aliphatic rings. The van der Waals surface area contributed by atoms with E-state index in [9.17, 15) is 18.4 Å². The summed E-state index contributed by atoms with van der Waals surface area (Å²) in [7, 11) is 0. The first-order valence-electron chi connectivity index (χ1n) is 9.26. The lowest BCUT2D eigenvalue weighted by Gasteiger charge is -2.12. The van der Waals surface area contributed by atoms with Crippen LogP contribution < -0.4 is 15.4 Å². The Morgan fingerprint density at radius 2 is 1.43 bits per heavy atom. The third kappa shape index (κ3) is 5.88. The van der Waals surface area contributed by atoms with Gasteiger partial charge in [0.15, 0.2) is 0 Å². The number of hydrogen-bond donors (Lipinski definition) is 2. The molecule has 30 heavy (non-hydrogen) atoms. The minimum atomic E-state index is -2.95. The number of halogens is 2. The maximum atomic E-state index is 12.4. The van der Waals surface area contributed by atoms with E-state index in [0.717, 1.165) is 11.1 Å². The van der Waals surface area contributed by atoms with Crippen LogP contribution >= 0.6 is 0 Å². The molecular formula is C23H20F2N2O3. The maximum absolute atomic E-state index is 12.4. The maximum Gasteiger partial charge on any atom is 0.387 e. The van der Waals surface area contributed by atoms with Gasteiger partial charge >= 0.3 is 6.61 Å². The van der Waals surface area contributed by atoms with E-state index in [0.29, 0.717) is 11.1 Å². The van der Waals surface area contributed by atoms with Gasteiger partial charge in [-0.25, -0.2) is 0 Å². The largest absolute Gasteiger partial charge is 0.434 e. The van der Waals surface area contributed by atoms with Gasteiger partial charge in [0, 0.05) is 17.7 Å². The summed E-state index contributed by atoms with van der Waals surface area (Å²) in [5, 5.41) is 5.11. The molecule has 0 aliphatic heterocycles. The zero-order valence-corrected chi connectivity index (χ0v) is 16.0. The van der Waals surface area contributed by atoms with E-state index in [1.54, 1.807) is 30.3 Å². The molecule has 0 heterocycles. The molecule has 3 rings (SSSR count). The second-order valence-corrected chi connectivity index (χ2v) is 6.39. The first-order valence-corrected chi connectivity index (χ1v) is 9.26. The standard InChI is InChI=1S/C23H20F2N2O3/c24-23(25)30-20-9-5-4-8-19(20)14-26-21(28)15-27-22(29)18-12-10-17(11-13-18)16-6-2-1-3-7-16/h1-13,23H,14-15H2,(H,26,28)(H,27,29). The van der Waals surface area contributed by atoms with Crippen molar-refractivity contribution in [3.05, 3.63) is 90.0 Å². The quantitative estimate of drug-likeness (QED) is 0.590. The summed E-state index contributed by atoms with van der Waals surface area (Å²) >= 11 is 0. The number of carbonyl (C=O) groups is 2. The molecule has 3 aromatic rings. The van der Waals surface area contributed by atoms with Crippen molar-refractivity contribution in [3.8, 4) is 16.9 Å². The van der Waals surface area contributed by atoms with Crippen LogP contribution in [0.2, 0.25) is 0 Å². The summed E-state index contributed by atoms with van der Waals surface area (Å²) in [6.07, 6.45) is 0. The van der Waals surface area contributed by atoms with Crippen molar-refractivity contribution >= 4 is 11.8 Å². The molecule has 0 atom stereocenters. The SMILES string of the molecule is O=C(CNC(=O)c1ccc(-c2ccccc2)cc1)NCc1ccccc1OC(F)F. The number of amides is 2. The zero-order chi connectivity index (χ0) is 21.3. The van der Waals surface area contributed by atoms with Crippen LogP contribution in [-0.2, 0) is 11.3 Å². The lowest BCUT2D eigenvalue weighted by atomic mass is 10.0. The first kappa shape index (κ1) is 21.0. The Labute approximate surface area is 172 Å². The van der Waals surface area contributed by atoms with Crippen molar-refractivity contribution in [2.45, 2.75) is 13.2 Å². The molecule has 0 aliphatic carbocycles. The average molecular weight is 410 g/mol. The zero-order valence-electron chi connectivity index (χ0n) is 16.0. The van der Waals surface area contributed by atoms with Gasteiger partial charge in [-0.3, -0.25) is 9.59 Å². The van der Waals surface area contributed by atoms with Crippen LogP contribution in [-0.4, -0.2) is 25.0 Å². The molecule has 0 fully saturated rings. The highest BCUT2D eigenvalue weighted by Crippen LogP contribution is 2.20. The highest BCUT2D eigenvalue weighted by Gasteiger charge is 2.11.